The Bertz CT molecular complexity index is 1040. The van der Waals surface area contributed by atoms with E-state index < -0.39 is 0 Å². The second-order valence-electron chi connectivity index (χ2n) is 6.47. The highest BCUT2D eigenvalue weighted by Gasteiger charge is 2.22. The van der Waals surface area contributed by atoms with Gasteiger partial charge in [0.1, 0.15) is 5.75 Å². The molecule has 9 heteroatoms. The maximum Gasteiger partial charge on any atom is 0.273 e. The fourth-order valence-electron chi connectivity index (χ4n) is 2.99. The molecule has 0 fully saturated rings. The number of nitrogens with one attached hydrogen (secondary N) is 1. The number of fused-ring (bicyclic) bond motifs is 1. The zero-order valence-electron chi connectivity index (χ0n) is 15.4. The number of aromatic nitrogens is 3. The minimum atomic E-state index is -0.353. The van der Waals surface area contributed by atoms with Crippen LogP contribution < -0.4 is 10.1 Å². The van der Waals surface area contributed by atoms with Crippen LogP contribution in [0.15, 0.2) is 54.7 Å². The van der Waals surface area contributed by atoms with Crippen LogP contribution in [0.1, 0.15) is 16.1 Å². The quantitative estimate of drug-likeness (QED) is 0.694. The molecule has 0 radical (unpaired) electrons. The van der Waals surface area contributed by atoms with Gasteiger partial charge >= 0.3 is 0 Å². The minimum absolute atomic E-state index is 0.0476. The van der Waals surface area contributed by atoms with Crippen LogP contribution in [0.3, 0.4) is 0 Å². The molecular formula is C20H18ClN5O3. The van der Waals surface area contributed by atoms with E-state index in [4.69, 9.17) is 16.3 Å². The van der Waals surface area contributed by atoms with Crippen molar-refractivity contribution in [2.75, 3.05) is 19.7 Å². The fourth-order valence-corrected chi connectivity index (χ4v) is 3.18. The monoisotopic (exact) mass is 411 g/mol. The van der Waals surface area contributed by atoms with E-state index in [2.05, 4.69) is 15.5 Å². The highest BCUT2D eigenvalue weighted by Crippen LogP contribution is 2.26. The van der Waals surface area contributed by atoms with E-state index in [-0.39, 0.29) is 30.7 Å². The summed E-state index contributed by atoms with van der Waals surface area (Å²) in [7, 11) is 0. The third-order valence-electron chi connectivity index (χ3n) is 4.47. The van der Waals surface area contributed by atoms with Crippen molar-refractivity contribution in [3.8, 4) is 11.4 Å². The molecular weight excluding hydrogens is 394 g/mol. The Morgan fingerprint density at radius 3 is 2.86 bits per heavy atom. The lowest BCUT2D eigenvalue weighted by Gasteiger charge is -2.20. The summed E-state index contributed by atoms with van der Waals surface area (Å²) in [5, 5.41) is 11.7. The number of amides is 2. The van der Waals surface area contributed by atoms with Crippen molar-refractivity contribution in [3.05, 3.63) is 71.0 Å². The maximum absolute atomic E-state index is 12.4. The lowest BCUT2D eigenvalue weighted by molar-refractivity contribution is -0.133. The van der Waals surface area contributed by atoms with Crippen molar-refractivity contribution in [3.63, 3.8) is 0 Å². The Morgan fingerprint density at radius 2 is 2.03 bits per heavy atom. The van der Waals surface area contributed by atoms with Gasteiger partial charge in [0.25, 0.3) is 11.8 Å². The van der Waals surface area contributed by atoms with E-state index >= 15 is 0 Å². The molecule has 0 atom stereocenters. The Hall–Kier alpha value is -3.39. The van der Waals surface area contributed by atoms with Crippen molar-refractivity contribution in [2.45, 2.75) is 6.54 Å². The SMILES string of the molecule is O=C(NCCN1Cc2cc(Cl)ccc2OCC1=O)c1cnn(-c2ccccc2)n1. The van der Waals surface area contributed by atoms with Crippen molar-refractivity contribution >= 4 is 23.4 Å². The molecule has 0 aliphatic carbocycles. The molecule has 8 nitrogen and oxygen atoms in total. The first-order valence-electron chi connectivity index (χ1n) is 9.05. The van der Waals surface area contributed by atoms with E-state index in [1.165, 1.54) is 11.0 Å². The third-order valence-corrected chi connectivity index (χ3v) is 4.70. The average molecular weight is 412 g/mol. The lowest BCUT2D eigenvalue weighted by Crippen LogP contribution is -2.39. The largest absolute Gasteiger partial charge is 0.483 e. The van der Waals surface area contributed by atoms with Gasteiger partial charge in [0.2, 0.25) is 0 Å². The zero-order valence-corrected chi connectivity index (χ0v) is 16.2. The molecule has 4 rings (SSSR count). The molecule has 2 heterocycles. The summed E-state index contributed by atoms with van der Waals surface area (Å²) >= 11 is 6.04. The van der Waals surface area contributed by atoms with Crippen LogP contribution in [-0.4, -0.2) is 51.4 Å². The number of carbonyl (C=O) groups is 2. The molecule has 0 bridgehead atoms. The summed E-state index contributed by atoms with van der Waals surface area (Å²) in [5.41, 5.74) is 1.80. The van der Waals surface area contributed by atoms with Crippen molar-refractivity contribution < 1.29 is 14.3 Å². The van der Waals surface area contributed by atoms with Crippen LogP contribution in [0, 0.1) is 0 Å². The first-order valence-corrected chi connectivity index (χ1v) is 9.43. The third kappa shape index (κ3) is 4.38. The Labute approximate surface area is 172 Å². The number of hydrogen-bond donors (Lipinski definition) is 1. The van der Waals surface area contributed by atoms with Gasteiger partial charge in [-0.1, -0.05) is 29.8 Å². The Kier molecular flexibility index (Phi) is 5.44. The highest BCUT2D eigenvalue weighted by atomic mass is 35.5. The van der Waals surface area contributed by atoms with Crippen molar-refractivity contribution in [1.82, 2.24) is 25.2 Å². The van der Waals surface area contributed by atoms with Gasteiger partial charge in [0.15, 0.2) is 12.3 Å². The van der Waals surface area contributed by atoms with E-state index in [9.17, 15) is 9.59 Å². The predicted octanol–water partition coefficient (Wildman–Crippen LogP) is 2.07. The van der Waals surface area contributed by atoms with Gasteiger partial charge < -0.3 is 15.0 Å². The first kappa shape index (κ1) is 18.9. The van der Waals surface area contributed by atoms with Gasteiger partial charge in [-0.25, -0.2) is 0 Å². The highest BCUT2D eigenvalue weighted by molar-refractivity contribution is 6.30. The van der Waals surface area contributed by atoms with Crippen LogP contribution >= 0.6 is 11.6 Å². The summed E-state index contributed by atoms with van der Waals surface area (Å²) in [6, 6.07) is 14.6. The van der Waals surface area contributed by atoms with Gasteiger partial charge in [-0.3, -0.25) is 9.59 Å². The van der Waals surface area contributed by atoms with Crippen LogP contribution in [0.4, 0.5) is 0 Å². The number of benzene rings is 2. The van der Waals surface area contributed by atoms with E-state index in [0.29, 0.717) is 23.9 Å². The molecule has 0 saturated heterocycles. The molecule has 1 N–H and O–H groups in total. The molecule has 0 saturated carbocycles. The molecule has 1 aromatic heterocycles. The van der Waals surface area contributed by atoms with Crippen molar-refractivity contribution in [2.24, 2.45) is 0 Å². The van der Waals surface area contributed by atoms with Crippen LogP contribution in [0.5, 0.6) is 5.75 Å². The van der Waals surface area contributed by atoms with Gasteiger partial charge in [-0.2, -0.15) is 9.90 Å². The van der Waals surface area contributed by atoms with Crippen LogP contribution in [0.2, 0.25) is 5.02 Å². The average Bonchev–Trinajstić information content (AvgIpc) is 3.17. The van der Waals surface area contributed by atoms with E-state index in [1.54, 1.807) is 23.1 Å². The first-order chi connectivity index (χ1) is 14.1. The van der Waals surface area contributed by atoms with Crippen LogP contribution in [0.25, 0.3) is 5.69 Å². The fraction of sp³-hybridized carbons (Fsp3) is 0.200. The molecule has 3 aromatic rings. The number of carbonyl (C=O) groups excluding carboxylic acids is 2. The maximum atomic E-state index is 12.4. The van der Waals surface area contributed by atoms with Gasteiger partial charge in [0, 0.05) is 30.2 Å². The second-order valence-corrected chi connectivity index (χ2v) is 6.90. The number of halogens is 1. The molecule has 0 unspecified atom stereocenters. The summed E-state index contributed by atoms with van der Waals surface area (Å²) in [6.07, 6.45) is 1.41. The number of rotatable bonds is 5. The molecule has 29 heavy (non-hydrogen) atoms. The Balaban J connectivity index is 1.35. The van der Waals surface area contributed by atoms with E-state index in [0.717, 1.165) is 11.3 Å². The number of ether oxygens (including phenoxy) is 1. The van der Waals surface area contributed by atoms with Crippen molar-refractivity contribution in [1.29, 1.82) is 0 Å². The summed E-state index contributed by atoms with van der Waals surface area (Å²) in [5.74, 6) is 0.141. The van der Waals surface area contributed by atoms with Crippen LogP contribution in [-0.2, 0) is 11.3 Å². The molecule has 148 valence electrons. The number of hydrogen-bond acceptors (Lipinski definition) is 5. The Morgan fingerprint density at radius 1 is 1.21 bits per heavy atom. The molecule has 1 aliphatic heterocycles. The second kappa shape index (κ2) is 8.32. The summed E-state index contributed by atoms with van der Waals surface area (Å²) in [4.78, 5) is 27.7. The zero-order chi connectivity index (χ0) is 20.2. The normalized spacial score (nSPS) is 13.4. The lowest BCUT2D eigenvalue weighted by atomic mass is 10.2. The van der Waals surface area contributed by atoms with E-state index in [1.807, 2.05) is 30.3 Å². The summed E-state index contributed by atoms with van der Waals surface area (Å²) in [6.45, 7) is 0.939. The van der Waals surface area contributed by atoms with Gasteiger partial charge in [-0.05, 0) is 30.3 Å². The molecule has 2 amide bonds. The smallest absolute Gasteiger partial charge is 0.273 e. The molecule has 2 aromatic carbocycles. The molecule has 1 aliphatic rings. The topological polar surface area (TPSA) is 89.4 Å². The number of nitrogens with zero attached hydrogens (tertiary/aromatic N) is 4. The van der Waals surface area contributed by atoms with Gasteiger partial charge in [-0.15, -0.1) is 5.10 Å². The number of para-hydroxylation sites is 1. The summed E-state index contributed by atoms with van der Waals surface area (Å²) < 4.78 is 5.53. The standard InChI is InChI=1S/C20H18ClN5O3/c21-15-6-7-18-14(10-15)12-25(19(27)13-29-18)9-8-22-20(28)17-11-23-26(24-17)16-4-2-1-3-5-16/h1-7,10-11H,8-9,12-13H2,(H,22,28). The molecule has 0 spiro atoms. The predicted molar refractivity (Wildman–Crippen MR) is 106 cm³/mol. The van der Waals surface area contributed by atoms with Gasteiger partial charge in [0.05, 0.1) is 11.9 Å². The minimum Gasteiger partial charge on any atom is -0.483 e.